The zero-order valence-corrected chi connectivity index (χ0v) is 20.5. The van der Waals surface area contributed by atoms with Gasteiger partial charge in [0.15, 0.2) is 6.61 Å². The van der Waals surface area contributed by atoms with Crippen molar-refractivity contribution in [2.45, 2.75) is 39.5 Å². The number of hydrogen-bond acceptors (Lipinski definition) is 5. The van der Waals surface area contributed by atoms with Crippen LogP contribution >= 0.6 is 0 Å². The van der Waals surface area contributed by atoms with Crippen LogP contribution in [0.3, 0.4) is 0 Å². The molecule has 8 nitrogen and oxygen atoms in total. The molecule has 0 unspecified atom stereocenters. The summed E-state index contributed by atoms with van der Waals surface area (Å²) in [5, 5.41) is 5.82. The molecule has 0 bridgehead atoms. The highest BCUT2D eigenvalue weighted by Gasteiger charge is 2.40. The second-order valence-electron chi connectivity index (χ2n) is 9.00. The minimum Gasteiger partial charge on any atom is -0.483 e. The summed E-state index contributed by atoms with van der Waals surface area (Å²) in [5.41, 5.74) is 0.496. The minimum absolute atomic E-state index is 0.0210. The topological polar surface area (TPSA) is 91.0 Å². The molecule has 2 aliphatic heterocycles. The Morgan fingerprint density at radius 1 is 1.06 bits per heavy atom. The predicted molar refractivity (Wildman–Crippen MR) is 131 cm³/mol. The summed E-state index contributed by atoms with van der Waals surface area (Å²) in [6, 6.07) is 7.71. The van der Waals surface area contributed by atoms with Crippen LogP contribution in [0.1, 0.15) is 38.7 Å². The van der Waals surface area contributed by atoms with E-state index in [1.54, 1.807) is 0 Å². The van der Waals surface area contributed by atoms with Gasteiger partial charge in [-0.2, -0.15) is 0 Å². The Bertz CT molecular complexity index is 873. The number of rotatable bonds is 4. The Hall–Kier alpha value is -2.87. The summed E-state index contributed by atoms with van der Waals surface area (Å²) in [7, 11) is 0. The third kappa shape index (κ3) is 6.82. The number of allylic oxidation sites excluding steroid dienone is 2. The lowest BCUT2D eigenvalue weighted by atomic mass is 9.74. The number of carbonyl (C=O) groups excluding carboxylic acids is 3. The van der Waals surface area contributed by atoms with Gasteiger partial charge in [-0.3, -0.25) is 19.3 Å². The number of carbonyl (C=O) groups is 3. The number of fused-ring (bicyclic) bond motifs is 1. The molecule has 3 amide bonds. The van der Waals surface area contributed by atoms with Crippen LogP contribution in [0.15, 0.2) is 36.4 Å². The van der Waals surface area contributed by atoms with E-state index in [1.165, 1.54) is 0 Å². The van der Waals surface area contributed by atoms with Crippen molar-refractivity contribution < 1.29 is 19.1 Å². The normalized spacial score (nSPS) is 20.6. The molecule has 0 aliphatic carbocycles. The maximum Gasteiger partial charge on any atom is 0.258 e. The number of benzene rings is 1. The lowest BCUT2D eigenvalue weighted by Gasteiger charge is -2.40. The molecule has 1 saturated heterocycles. The van der Waals surface area contributed by atoms with Gasteiger partial charge < -0.3 is 20.3 Å². The number of likely N-dealkylation sites (tertiary alicyclic amines) is 1. The van der Waals surface area contributed by atoms with Crippen molar-refractivity contribution in [3.63, 3.8) is 0 Å². The van der Waals surface area contributed by atoms with E-state index in [0.29, 0.717) is 77.2 Å². The summed E-state index contributed by atoms with van der Waals surface area (Å²) in [5.74, 6) is 0.652. The number of piperidine rings is 1. The number of para-hydroxylation sites is 1. The highest BCUT2D eigenvalue weighted by molar-refractivity contribution is 5.83. The number of nitrogens with one attached hydrogen (secondary N) is 2. The van der Waals surface area contributed by atoms with E-state index in [1.807, 2.05) is 43.0 Å². The maximum absolute atomic E-state index is 13.3. The Morgan fingerprint density at radius 3 is 2.50 bits per heavy atom. The molecule has 0 radical (unpaired) electrons. The number of nitrogens with zero attached hydrogens (tertiary/aromatic N) is 2. The average Bonchev–Trinajstić information content (AvgIpc) is 2.85. The van der Waals surface area contributed by atoms with Crippen molar-refractivity contribution in [3.8, 4) is 5.75 Å². The van der Waals surface area contributed by atoms with Crippen molar-refractivity contribution in [2.75, 3.05) is 52.4 Å². The molecule has 2 N–H and O–H groups in total. The number of likely N-dealkylation sites (N-methyl/N-ethyl adjacent to an activating group) is 1. The Balaban J connectivity index is 1.69. The molecule has 1 fully saturated rings. The summed E-state index contributed by atoms with van der Waals surface area (Å²) in [6.45, 7) is 7.90. The van der Waals surface area contributed by atoms with E-state index in [9.17, 15) is 14.4 Å². The van der Waals surface area contributed by atoms with Gasteiger partial charge in [-0.1, -0.05) is 30.4 Å². The highest BCUT2D eigenvalue weighted by Crippen LogP contribution is 2.36. The fourth-order valence-electron chi connectivity index (χ4n) is 4.62. The van der Waals surface area contributed by atoms with E-state index in [0.717, 1.165) is 5.56 Å². The molecule has 1 aromatic rings. The van der Waals surface area contributed by atoms with E-state index in [-0.39, 0.29) is 24.3 Å². The smallest absolute Gasteiger partial charge is 0.258 e. The van der Waals surface area contributed by atoms with E-state index < -0.39 is 5.41 Å². The lowest BCUT2D eigenvalue weighted by molar-refractivity contribution is -0.136. The van der Waals surface area contributed by atoms with E-state index in [2.05, 4.69) is 27.7 Å². The van der Waals surface area contributed by atoms with Crippen molar-refractivity contribution in [1.82, 2.24) is 20.4 Å². The van der Waals surface area contributed by atoms with Crippen LogP contribution in [-0.2, 0) is 20.8 Å². The third-order valence-electron chi connectivity index (χ3n) is 6.85. The second kappa shape index (κ2) is 12.6. The van der Waals surface area contributed by atoms with Crippen LogP contribution < -0.4 is 15.4 Å². The quantitative estimate of drug-likeness (QED) is 0.655. The number of amides is 3. The van der Waals surface area contributed by atoms with Crippen molar-refractivity contribution in [1.29, 1.82) is 0 Å². The summed E-state index contributed by atoms with van der Waals surface area (Å²) in [4.78, 5) is 41.9. The molecule has 1 spiro atoms. The van der Waals surface area contributed by atoms with Crippen LogP contribution in [0.25, 0.3) is 0 Å². The molecular formula is C26H38N4O4. The molecular weight excluding hydrogens is 432 g/mol. The summed E-state index contributed by atoms with van der Waals surface area (Å²) < 4.78 is 5.71. The Kier molecular flexibility index (Phi) is 9.51. The lowest BCUT2D eigenvalue weighted by Crippen LogP contribution is -2.51. The largest absolute Gasteiger partial charge is 0.483 e. The predicted octanol–water partition coefficient (Wildman–Crippen LogP) is 1.75. The van der Waals surface area contributed by atoms with Crippen LogP contribution in [0.5, 0.6) is 5.75 Å². The van der Waals surface area contributed by atoms with Gasteiger partial charge in [-0.15, -0.1) is 0 Å². The van der Waals surface area contributed by atoms with Gasteiger partial charge in [-0.25, -0.2) is 0 Å². The molecule has 8 heteroatoms. The number of hydrogen-bond donors (Lipinski definition) is 2. The van der Waals surface area contributed by atoms with Gasteiger partial charge in [0, 0.05) is 26.2 Å². The second-order valence-corrected chi connectivity index (χ2v) is 9.00. The molecule has 3 rings (SSSR count). The SMILES string of the molecule is CCN(CC)C(=O)CN1CCC2(C/C=C/Cc3ccccc3OCC(=O)NCCNC2=O)CC1. The standard InChI is InChI=1S/C26H38N4O4/c1-3-30(4-2)24(32)19-29-17-13-26(14-18-29)12-8-7-10-21-9-5-6-11-22(21)34-20-23(31)27-15-16-28-25(26)33/h5-9,11H,3-4,10,12-20H2,1-2H3,(H,27,31)(H,28,33)/b8-7+. The molecule has 186 valence electrons. The average molecular weight is 471 g/mol. The van der Waals surface area contributed by atoms with Gasteiger partial charge in [0.1, 0.15) is 5.75 Å². The van der Waals surface area contributed by atoms with E-state index >= 15 is 0 Å². The first kappa shape index (κ1) is 25.7. The highest BCUT2D eigenvalue weighted by atomic mass is 16.5. The van der Waals surface area contributed by atoms with Gasteiger partial charge in [0.05, 0.1) is 12.0 Å². The summed E-state index contributed by atoms with van der Waals surface area (Å²) >= 11 is 0. The first-order chi connectivity index (χ1) is 16.5. The van der Waals surface area contributed by atoms with Crippen molar-refractivity contribution >= 4 is 17.7 Å². The zero-order chi connectivity index (χ0) is 24.4. The third-order valence-corrected chi connectivity index (χ3v) is 6.85. The van der Waals surface area contributed by atoms with Gasteiger partial charge in [0.2, 0.25) is 11.8 Å². The number of ether oxygens (including phenoxy) is 1. The van der Waals surface area contributed by atoms with Crippen LogP contribution in [0.2, 0.25) is 0 Å². The molecule has 0 aromatic heterocycles. The fraction of sp³-hybridized carbons (Fsp3) is 0.577. The first-order valence-electron chi connectivity index (χ1n) is 12.4. The summed E-state index contributed by atoms with van der Waals surface area (Å²) in [6.07, 6.45) is 6.87. The van der Waals surface area contributed by atoms with Gasteiger partial charge >= 0.3 is 0 Å². The van der Waals surface area contributed by atoms with Crippen molar-refractivity contribution in [3.05, 3.63) is 42.0 Å². The van der Waals surface area contributed by atoms with Crippen LogP contribution in [0, 0.1) is 5.41 Å². The van der Waals surface area contributed by atoms with E-state index in [4.69, 9.17) is 4.74 Å². The first-order valence-corrected chi connectivity index (χ1v) is 12.4. The molecule has 34 heavy (non-hydrogen) atoms. The van der Waals surface area contributed by atoms with Crippen LogP contribution in [0.4, 0.5) is 0 Å². The molecule has 0 saturated carbocycles. The molecule has 2 aliphatic rings. The Morgan fingerprint density at radius 2 is 1.76 bits per heavy atom. The monoisotopic (exact) mass is 470 g/mol. The van der Waals surface area contributed by atoms with Crippen LogP contribution in [-0.4, -0.2) is 79.9 Å². The minimum atomic E-state index is -0.508. The van der Waals surface area contributed by atoms with Gasteiger partial charge in [0.25, 0.3) is 5.91 Å². The molecule has 0 atom stereocenters. The molecule has 2 heterocycles. The Labute approximate surface area is 202 Å². The van der Waals surface area contributed by atoms with Gasteiger partial charge in [-0.05, 0) is 64.3 Å². The maximum atomic E-state index is 13.3. The fourth-order valence-corrected chi connectivity index (χ4v) is 4.62. The zero-order valence-electron chi connectivity index (χ0n) is 20.5. The van der Waals surface area contributed by atoms with Crippen molar-refractivity contribution in [2.24, 2.45) is 5.41 Å². The molecule has 1 aromatic carbocycles.